The Balaban J connectivity index is 2.83. The first-order chi connectivity index (χ1) is 8.45. The van der Waals surface area contributed by atoms with E-state index in [-0.39, 0.29) is 5.69 Å². The van der Waals surface area contributed by atoms with Gasteiger partial charge in [-0.05, 0) is 6.42 Å². The third kappa shape index (κ3) is 1.86. The van der Waals surface area contributed by atoms with Crippen LogP contribution in [0.1, 0.15) is 12.6 Å². The Labute approximate surface area is 106 Å². The van der Waals surface area contributed by atoms with Gasteiger partial charge in [-0.25, -0.2) is 9.36 Å². The van der Waals surface area contributed by atoms with Crippen LogP contribution < -0.4 is 11.2 Å². The lowest BCUT2D eigenvalue weighted by Gasteiger charge is -2.03. The Morgan fingerprint density at radius 3 is 2.78 bits per heavy atom. The van der Waals surface area contributed by atoms with E-state index in [1.807, 2.05) is 6.92 Å². The van der Waals surface area contributed by atoms with Crippen molar-refractivity contribution in [3.8, 4) is 5.69 Å². The van der Waals surface area contributed by atoms with E-state index in [0.717, 1.165) is 0 Å². The third-order valence-corrected chi connectivity index (χ3v) is 2.72. The summed E-state index contributed by atoms with van der Waals surface area (Å²) in [5, 5.41) is 3.49. The molecule has 0 amide bonds. The molecule has 0 aliphatic carbocycles. The standard InChI is InChI=1S/C10H10ClFN4O2/c1-3-5-6(4-15(2)14-5)16-9(17)7(12)8(11)13-10(16)18/h4H,3H2,1-2H3,(H,13,18). The first kappa shape index (κ1) is 12.6. The molecule has 96 valence electrons. The van der Waals surface area contributed by atoms with Gasteiger partial charge >= 0.3 is 5.69 Å². The molecule has 2 rings (SSSR count). The summed E-state index contributed by atoms with van der Waals surface area (Å²) in [6, 6.07) is 0. The number of aromatic amines is 1. The fourth-order valence-electron chi connectivity index (χ4n) is 1.67. The Bertz CT molecular complexity index is 716. The van der Waals surface area contributed by atoms with Gasteiger partial charge in [-0.1, -0.05) is 18.5 Å². The summed E-state index contributed by atoms with van der Waals surface area (Å²) in [4.78, 5) is 25.5. The number of halogens is 2. The van der Waals surface area contributed by atoms with Crippen molar-refractivity contribution in [1.82, 2.24) is 19.3 Å². The smallest absolute Gasteiger partial charge is 0.295 e. The number of aromatic nitrogens is 4. The number of hydrogen-bond donors (Lipinski definition) is 1. The molecule has 0 fully saturated rings. The molecular weight excluding hydrogens is 263 g/mol. The summed E-state index contributed by atoms with van der Waals surface area (Å²) in [5.74, 6) is -1.19. The number of H-pyrrole nitrogens is 1. The summed E-state index contributed by atoms with van der Waals surface area (Å²) < 4.78 is 15.6. The lowest BCUT2D eigenvalue weighted by molar-refractivity contribution is 0.584. The van der Waals surface area contributed by atoms with Gasteiger partial charge in [0.2, 0.25) is 5.82 Å². The molecule has 0 aliphatic rings. The van der Waals surface area contributed by atoms with Crippen LogP contribution in [0.4, 0.5) is 4.39 Å². The third-order valence-electron chi connectivity index (χ3n) is 2.46. The molecule has 2 aromatic rings. The molecule has 18 heavy (non-hydrogen) atoms. The van der Waals surface area contributed by atoms with Crippen molar-refractivity contribution >= 4 is 11.6 Å². The van der Waals surface area contributed by atoms with E-state index in [1.54, 1.807) is 7.05 Å². The van der Waals surface area contributed by atoms with E-state index >= 15 is 0 Å². The Morgan fingerprint density at radius 1 is 1.50 bits per heavy atom. The lowest BCUT2D eigenvalue weighted by atomic mass is 10.3. The lowest BCUT2D eigenvalue weighted by Crippen LogP contribution is -2.36. The van der Waals surface area contributed by atoms with Gasteiger partial charge in [0.1, 0.15) is 0 Å². The number of nitrogens with zero attached hydrogens (tertiary/aromatic N) is 3. The van der Waals surface area contributed by atoms with Crippen LogP contribution in [-0.4, -0.2) is 19.3 Å². The Hall–Kier alpha value is -1.89. The van der Waals surface area contributed by atoms with Crippen LogP contribution in [0.3, 0.4) is 0 Å². The molecule has 0 radical (unpaired) electrons. The van der Waals surface area contributed by atoms with E-state index in [0.29, 0.717) is 16.7 Å². The maximum absolute atomic E-state index is 13.4. The summed E-state index contributed by atoms with van der Waals surface area (Å²) in [6.45, 7) is 1.82. The molecule has 1 N–H and O–H groups in total. The van der Waals surface area contributed by atoms with Gasteiger partial charge in [-0.2, -0.15) is 9.49 Å². The molecule has 0 atom stereocenters. The maximum atomic E-state index is 13.4. The maximum Gasteiger partial charge on any atom is 0.334 e. The monoisotopic (exact) mass is 272 g/mol. The van der Waals surface area contributed by atoms with Gasteiger partial charge in [-0.3, -0.25) is 14.5 Å². The molecule has 0 saturated heterocycles. The van der Waals surface area contributed by atoms with Crippen molar-refractivity contribution in [2.24, 2.45) is 7.05 Å². The van der Waals surface area contributed by atoms with Crippen LogP contribution >= 0.6 is 11.6 Å². The highest BCUT2D eigenvalue weighted by atomic mass is 35.5. The van der Waals surface area contributed by atoms with Gasteiger partial charge in [-0.15, -0.1) is 0 Å². The zero-order valence-electron chi connectivity index (χ0n) is 9.70. The predicted octanol–water partition coefficient (Wildman–Crippen LogP) is 0.614. The second kappa shape index (κ2) is 4.41. The fraction of sp³-hybridized carbons (Fsp3) is 0.300. The molecule has 0 unspecified atom stereocenters. The van der Waals surface area contributed by atoms with Gasteiger partial charge in [0.25, 0.3) is 5.56 Å². The molecule has 0 spiro atoms. The zero-order valence-corrected chi connectivity index (χ0v) is 10.5. The van der Waals surface area contributed by atoms with Gasteiger partial charge in [0, 0.05) is 13.2 Å². The van der Waals surface area contributed by atoms with Crippen LogP contribution in [0.5, 0.6) is 0 Å². The number of hydrogen-bond acceptors (Lipinski definition) is 3. The minimum atomic E-state index is -1.19. The van der Waals surface area contributed by atoms with Gasteiger partial charge in [0.05, 0.1) is 11.4 Å². The molecule has 0 aromatic carbocycles. The Kier molecular flexibility index (Phi) is 3.08. The first-order valence-corrected chi connectivity index (χ1v) is 5.56. The zero-order chi connectivity index (χ0) is 13.4. The van der Waals surface area contributed by atoms with Crippen molar-refractivity contribution in [1.29, 1.82) is 0 Å². The molecule has 6 nitrogen and oxygen atoms in total. The van der Waals surface area contributed by atoms with Crippen molar-refractivity contribution in [3.05, 3.63) is 43.7 Å². The molecular formula is C10H10ClFN4O2. The van der Waals surface area contributed by atoms with Crippen LogP contribution in [-0.2, 0) is 13.5 Å². The van der Waals surface area contributed by atoms with E-state index < -0.39 is 22.2 Å². The fourth-order valence-corrected chi connectivity index (χ4v) is 1.83. The minimum absolute atomic E-state index is 0.252. The second-order valence-corrected chi connectivity index (χ2v) is 4.06. The number of aryl methyl sites for hydroxylation is 2. The van der Waals surface area contributed by atoms with Crippen LogP contribution in [0.15, 0.2) is 15.8 Å². The van der Waals surface area contributed by atoms with Crippen molar-refractivity contribution < 1.29 is 4.39 Å². The van der Waals surface area contributed by atoms with Gasteiger partial charge in [0.15, 0.2) is 5.15 Å². The van der Waals surface area contributed by atoms with Gasteiger partial charge < -0.3 is 0 Å². The second-order valence-electron chi connectivity index (χ2n) is 3.69. The number of nitrogens with one attached hydrogen (secondary N) is 1. The van der Waals surface area contributed by atoms with E-state index in [1.165, 1.54) is 10.9 Å². The predicted molar refractivity (Wildman–Crippen MR) is 63.8 cm³/mol. The van der Waals surface area contributed by atoms with Crippen LogP contribution in [0.25, 0.3) is 5.69 Å². The topological polar surface area (TPSA) is 72.7 Å². The molecule has 0 saturated carbocycles. The van der Waals surface area contributed by atoms with E-state index in [9.17, 15) is 14.0 Å². The summed E-state index contributed by atoms with van der Waals surface area (Å²) >= 11 is 5.39. The highest BCUT2D eigenvalue weighted by Crippen LogP contribution is 2.11. The summed E-state index contributed by atoms with van der Waals surface area (Å²) in [7, 11) is 1.65. The normalized spacial score (nSPS) is 10.9. The number of rotatable bonds is 2. The summed E-state index contributed by atoms with van der Waals surface area (Å²) in [6.07, 6.45) is 1.98. The van der Waals surface area contributed by atoms with Crippen LogP contribution in [0, 0.1) is 5.82 Å². The molecule has 8 heteroatoms. The van der Waals surface area contributed by atoms with Crippen molar-refractivity contribution in [3.63, 3.8) is 0 Å². The average Bonchev–Trinajstić information content (AvgIpc) is 2.67. The highest BCUT2D eigenvalue weighted by Gasteiger charge is 2.17. The molecule has 0 aliphatic heterocycles. The summed E-state index contributed by atoms with van der Waals surface area (Å²) in [5.41, 5.74) is -1.12. The minimum Gasteiger partial charge on any atom is -0.295 e. The molecule has 2 aromatic heterocycles. The highest BCUT2D eigenvalue weighted by molar-refractivity contribution is 6.29. The average molecular weight is 273 g/mol. The van der Waals surface area contributed by atoms with E-state index in [4.69, 9.17) is 11.6 Å². The van der Waals surface area contributed by atoms with Crippen molar-refractivity contribution in [2.45, 2.75) is 13.3 Å². The largest absolute Gasteiger partial charge is 0.334 e. The quantitative estimate of drug-likeness (QED) is 0.815. The van der Waals surface area contributed by atoms with Crippen molar-refractivity contribution in [2.75, 3.05) is 0 Å². The Morgan fingerprint density at radius 2 is 2.17 bits per heavy atom. The first-order valence-electron chi connectivity index (χ1n) is 5.19. The molecule has 0 bridgehead atoms. The van der Waals surface area contributed by atoms with Crippen LogP contribution in [0.2, 0.25) is 5.15 Å². The SMILES string of the molecule is CCc1nn(C)cc1-n1c(=O)[nH]c(Cl)c(F)c1=O. The van der Waals surface area contributed by atoms with E-state index in [2.05, 4.69) is 10.1 Å². The molecule has 2 heterocycles.